The number of nitrogens with zero attached hydrogens (tertiary/aromatic N) is 4. The number of halogens is 3. The van der Waals surface area contributed by atoms with E-state index < -0.39 is 17.8 Å². The molecule has 3 aliphatic rings. The molecule has 1 aromatic carbocycles. The molecule has 1 saturated carbocycles. The minimum atomic E-state index is -4.45. The largest absolute Gasteiger partial charge is 0.472 e. The average Bonchev–Trinajstić information content (AvgIpc) is 3.59. The Morgan fingerprint density at radius 3 is 2.68 bits per heavy atom. The Kier molecular flexibility index (Phi) is 6.20. The van der Waals surface area contributed by atoms with Crippen molar-refractivity contribution in [3.63, 3.8) is 0 Å². The maximum atomic E-state index is 13.3. The first kappa shape index (κ1) is 23.0. The third-order valence-electron chi connectivity index (χ3n) is 6.90. The van der Waals surface area contributed by atoms with Crippen LogP contribution in [0.5, 0.6) is 5.88 Å². The number of likely N-dealkylation sites (N-methyl/N-ethyl adjacent to an activating group) is 1. The summed E-state index contributed by atoms with van der Waals surface area (Å²) in [7, 11) is 1.59. The maximum Gasteiger partial charge on any atom is 0.416 e. The van der Waals surface area contributed by atoms with Crippen LogP contribution < -0.4 is 10.1 Å². The number of ether oxygens (including phenoxy) is 1. The lowest BCUT2D eigenvalue weighted by Crippen LogP contribution is -2.54. The molecule has 0 spiro atoms. The number of nitrogens with one attached hydrogen (secondary N) is 1. The summed E-state index contributed by atoms with van der Waals surface area (Å²) in [5, 5.41) is 2.90. The Morgan fingerprint density at radius 1 is 1.18 bits per heavy atom. The van der Waals surface area contributed by atoms with E-state index in [2.05, 4.69) is 20.2 Å². The molecule has 34 heavy (non-hydrogen) atoms. The topological polar surface area (TPSA) is 70.6 Å². The number of hydrogen-bond acceptors (Lipinski definition) is 6. The zero-order chi connectivity index (χ0) is 23.9. The number of aromatic nitrogens is 2. The van der Waals surface area contributed by atoms with Gasteiger partial charge in [0.15, 0.2) is 0 Å². The number of alkyl halides is 3. The minimum Gasteiger partial charge on any atom is -0.472 e. The molecule has 2 aliphatic heterocycles. The van der Waals surface area contributed by atoms with E-state index >= 15 is 0 Å². The van der Waals surface area contributed by atoms with E-state index in [1.165, 1.54) is 18.9 Å². The van der Waals surface area contributed by atoms with Gasteiger partial charge in [0.25, 0.3) is 0 Å². The van der Waals surface area contributed by atoms with Gasteiger partial charge < -0.3 is 15.0 Å². The van der Waals surface area contributed by atoms with Gasteiger partial charge in [-0.1, -0.05) is 12.1 Å². The van der Waals surface area contributed by atoms with Crippen LogP contribution in [0.3, 0.4) is 0 Å². The highest BCUT2D eigenvalue weighted by Crippen LogP contribution is 2.38. The normalized spacial score (nSPS) is 24.1. The number of rotatable bonds is 6. The van der Waals surface area contributed by atoms with E-state index in [1.54, 1.807) is 30.4 Å². The van der Waals surface area contributed by atoms with Gasteiger partial charge in [0, 0.05) is 44.6 Å². The predicted octanol–water partition coefficient (Wildman–Crippen LogP) is 3.00. The Bertz CT molecular complexity index is 1030. The molecule has 2 saturated heterocycles. The molecule has 0 radical (unpaired) electrons. The second kappa shape index (κ2) is 9.14. The van der Waals surface area contributed by atoms with Gasteiger partial charge in [0.2, 0.25) is 11.8 Å². The SMILES string of the molecule is CNC(C(=O)N1CCN2C[C@H](Oc3cnc(C4CC4)cn3)C[C@H]2C1)c1cccc(C(F)(F)F)c1. The van der Waals surface area contributed by atoms with E-state index in [0.29, 0.717) is 37.0 Å². The highest BCUT2D eigenvalue weighted by Gasteiger charge is 2.40. The summed E-state index contributed by atoms with van der Waals surface area (Å²) in [5.41, 5.74) is 0.572. The highest BCUT2D eigenvalue weighted by molar-refractivity contribution is 5.83. The smallest absolute Gasteiger partial charge is 0.416 e. The molecule has 7 nitrogen and oxygen atoms in total. The van der Waals surface area contributed by atoms with Crippen molar-refractivity contribution < 1.29 is 22.7 Å². The molecule has 2 aromatic rings. The third-order valence-corrected chi connectivity index (χ3v) is 6.90. The van der Waals surface area contributed by atoms with E-state index in [9.17, 15) is 18.0 Å². The fourth-order valence-corrected chi connectivity index (χ4v) is 4.94. The molecular weight excluding hydrogens is 447 g/mol. The Morgan fingerprint density at radius 2 is 2.00 bits per heavy atom. The molecule has 3 fully saturated rings. The van der Waals surface area contributed by atoms with Gasteiger partial charge in [0.1, 0.15) is 12.1 Å². The molecule has 5 rings (SSSR count). The number of amides is 1. The first-order valence-electron chi connectivity index (χ1n) is 11.7. The van der Waals surface area contributed by atoms with Crippen LogP contribution in [-0.2, 0) is 11.0 Å². The minimum absolute atomic E-state index is 0.0373. The molecule has 0 bridgehead atoms. The van der Waals surface area contributed by atoms with Crippen LogP contribution >= 0.6 is 0 Å². The van der Waals surface area contributed by atoms with Gasteiger partial charge in [-0.25, -0.2) is 4.98 Å². The van der Waals surface area contributed by atoms with Gasteiger partial charge in [-0.2, -0.15) is 13.2 Å². The number of piperazine rings is 1. The van der Waals surface area contributed by atoms with E-state index in [-0.39, 0.29) is 18.1 Å². The lowest BCUT2D eigenvalue weighted by Gasteiger charge is -2.38. The fourth-order valence-electron chi connectivity index (χ4n) is 4.94. The maximum absolute atomic E-state index is 13.3. The molecule has 10 heteroatoms. The molecule has 1 aromatic heterocycles. The standard InChI is InChI=1S/C24H28F3N5O2/c1-28-22(16-3-2-4-17(9-16)24(25,26)27)23(33)32-8-7-31-14-19(10-18(31)13-32)34-21-12-29-20(11-30-21)15-5-6-15/h2-4,9,11-12,15,18-19,22,28H,5-8,10,13-14H2,1H3/t18-,19+,22?/m0/s1. The van der Waals surface area contributed by atoms with Crippen LogP contribution in [0.15, 0.2) is 36.7 Å². The summed E-state index contributed by atoms with van der Waals surface area (Å²) in [6.45, 7) is 2.49. The lowest BCUT2D eigenvalue weighted by molar-refractivity contribution is -0.138. The molecule has 3 heterocycles. The van der Waals surface area contributed by atoms with Gasteiger partial charge >= 0.3 is 6.18 Å². The summed E-state index contributed by atoms with van der Waals surface area (Å²) in [6.07, 6.45) is 2.09. The van der Waals surface area contributed by atoms with Crippen LogP contribution in [0.2, 0.25) is 0 Å². The molecule has 1 N–H and O–H groups in total. The Labute approximate surface area is 196 Å². The number of hydrogen-bond donors (Lipinski definition) is 1. The molecule has 1 aliphatic carbocycles. The van der Waals surface area contributed by atoms with Gasteiger partial charge in [-0.15, -0.1) is 0 Å². The van der Waals surface area contributed by atoms with E-state index in [0.717, 1.165) is 30.8 Å². The Hall–Kier alpha value is -2.72. The van der Waals surface area contributed by atoms with Crippen LogP contribution in [0, 0.1) is 0 Å². The van der Waals surface area contributed by atoms with Crippen molar-refractivity contribution in [3.8, 4) is 5.88 Å². The monoisotopic (exact) mass is 475 g/mol. The molecule has 1 amide bonds. The Balaban J connectivity index is 1.21. The van der Waals surface area contributed by atoms with Crippen molar-refractivity contribution in [1.29, 1.82) is 0 Å². The summed E-state index contributed by atoms with van der Waals surface area (Å²) in [6, 6.07) is 4.27. The van der Waals surface area contributed by atoms with Crippen molar-refractivity contribution in [1.82, 2.24) is 25.1 Å². The average molecular weight is 476 g/mol. The van der Waals surface area contributed by atoms with Gasteiger partial charge in [-0.05, 0) is 37.6 Å². The zero-order valence-electron chi connectivity index (χ0n) is 19.0. The molecule has 3 atom stereocenters. The summed E-state index contributed by atoms with van der Waals surface area (Å²) >= 11 is 0. The fraction of sp³-hybridized carbons (Fsp3) is 0.542. The predicted molar refractivity (Wildman–Crippen MR) is 118 cm³/mol. The summed E-state index contributed by atoms with van der Waals surface area (Å²) < 4.78 is 45.5. The number of fused-ring (bicyclic) bond motifs is 1. The quantitative estimate of drug-likeness (QED) is 0.693. The number of carbonyl (C=O) groups is 1. The number of carbonyl (C=O) groups excluding carboxylic acids is 1. The van der Waals surface area contributed by atoms with Gasteiger partial charge in [-0.3, -0.25) is 14.7 Å². The second-order valence-electron chi connectivity index (χ2n) is 9.31. The van der Waals surface area contributed by atoms with Crippen LogP contribution in [0.25, 0.3) is 0 Å². The third kappa shape index (κ3) is 4.88. The molecule has 1 unspecified atom stereocenters. The van der Waals surface area contributed by atoms with Crippen LogP contribution in [0.1, 0.15) is 48.0 Å². The van der Waals surface area contributed by atoms with Crippen molar-refractivity contribution >= 4 is 5.91 Å². The highest BCUT2D eigenvalue weighted by atomic mass is 19.4. The van der Waals surface area contributed by atoms with Crippen molar-refractivity contribution in [2.24, 2.45) is 0 Å². The lowest BCUT2D eigenvalue weighted by atomic mass is 10.0. The van der Waals surface area contributed by atoms with Crippen LogP contribution in [0.4, 0.5) is 13.2 Å². The first-order valence-corrected chi connectivity index (χ1v) is 11.7. The van der Waals surface area contributed by atoms with Crippen molar-refractivity contribution in [2.45, 2.75) is 49.5 Å². The van der Waals surface area contributed by atoms with Crippen molar-refractivity contribution in [2.75, 3.05) is 33.2 Å². The summed E-state index contributed by atoms with van der Waals surface area (Å²) in [4.78, 5) is 26.2. The van der Waals surface area contributed by atoms with E-state index in [1.807, 2.05) is 0 Å². The first-order chi connectivity index (χ1) is 16.3. The number of benzene rings is 1. The molecular formula is C24H28F3N5O2. The summed E-state index contributed by atoms with van der Waals surface area (Å²) in [5.74, 6) is 0.845. The second-order valence-corrected chi connectivity index (χ2v) is 9.31. The van der Waals surface area contributed by atoms with Crippen LogP contribution in [-0.4, -0.2) is 71.0 Å². The van der Waals surface area contributed by atoms with Gasteiger partial charge in [0.05, 0.1) is 23.7 Å². The zero-order valence-corrected chi connectivity index (χ0v) is 19.0. The van der Waals surface area contributed by atoms with Crippen molar-refractivity contribution in [3.05, 3.63) is 53.5 Å². The molecule has 182 valence electrons. The van der Waals surface area contributed by atoms with E-state index in [4.69, 9.17) is 4.74 Å².